The van der Waals surface area contributed by atoms with Crippen LogP contribution in [0.25, 0.3) is 75.2 Å². The van der Waals surface area contributed by atoms with Crippen molar-refractivity contribution in [1.29, 1.82) is 0 Å². The van der Waals surface area contributed by atoms with Crippen LogP contribution in [0.5, 0.6) is 0 Å². The second-order valence-electron chi connectivity index (χ2n) is 13.2. The number of nitrogens with zero attached hydrogens (tertiary/aromatic N) is 1. The highest BCUT2D eigenvalue weighted by molar-refractivity contribution is 7.26. The van der Waals surface area contributed by atoms with E-state index in [1.165, 1.54) is 31.3 Å². The largest absolute Gasteiger partial charge is 0.456 e. The molecule has 0 radical (unpaired) electrons. The summed E-state index contributed by atoms with van der Waals surface area (Å²) >= 11 is 1.86. The molecule has 6 heteroatoms. The average Bonchev–Trinajstić information content (AvgIpc) is 3.88. The fourth-order valence-electron chi connectivity index (χ4n) is 7.78. The lowest BCUT2D eigenvalue weighted by atomic mass is 10.00. The zero-order valence-corrected chi connectivity index (χ0v) is 28.1. The van der Waals surface area contributed by atoms with Gasteiger partial charge in [-0.15, -0.1) is 11.3 Å². The average molecular weight is 676 g/mol. The van der Waals surface area contributed by atoms with E-state index in [1.54, 1.807) is 0 Å². The summed E-state index contributed by atoms with van der Waals surface area (Å²) in [5.41, 5.74) is 9.06. The molecule has 0 saturated heterocycles. The zero-order valence-electron chi connectivity index (χ0n) is 27.3. The van der Waals surface area contributed by atoms with Gasteiger partial charge in [0, 0.05) is 52.8 Å². The molecular formula is C45H29N3O2S. The molecule has 3 aromatic heterocycles. The number of para-hydroxylation sites is 1. The third-order valence-electron chi connectivity index (χ3n) is 10.2. The molecule has 242 valence electrons. The summed E-state index contributed by atoms with van der Waals surface area (Å²) < 4.78 is 15.4. The van der Waals surface area contributed by atoms with Crippen LogP contribution in [0, 0.1) is 0 Å². The summed E-state index contributed by atoms with van der Waals surface area (Å²) in [5.74, 6) is 0.832. The summed E-state index contributed by atoms with van der Waals surface area (Å²) in [4.78, 5) is 5.22. The molecule has 0 aliphatic carbocycles. The Labute approximate surface area is 296 Å². The van der Waals surface area contributed by atoms with Crippen molar-refractivity contribution < 1.29 is 8.83 Å². The molecule has 7 aromatic carbocycles. The molecule has 0 saturated carbocycles. The molecule has 1 aliphatic heterocycles. The number of rotatable bonds is 4. The van der Waals surface area contributed by atoms with Crippen LogP contribution in [0.4, 0.5) is 0 Å². The number of furan rings is 2. The number of aliphatic imine (C=N–C) groups is 1. The highest BCUT2D eigenvalue weighted by Crippen LogP contribution is 2.42. The van der Waals surface area contributed by atoms with Crippen LogP contribution in [0.2, 0.25) is 0 Å². The van der Waals surface area contributed by atoms with Gasteiger partial charge in [0.05, 0.1) is 0 Å². The number of hydrogen-bond acceptors (Lipinski definition) is 6. The smallest absolute Gasteiger partial charge is 0.135 e. The topological polar surface area (TPSA) is 62.7 Å². The maximum atomic E-state index is 6.53. The van der Waals surface area contributed by atoms with E-state index in [4.69, 9.17) is 13.8 Å². The van der Waals surface area contributed by atoms with Gasteiger partial charge >= 0.3 is 0 Å². The standard InChI is InChI=1S/C45H29N3O2S/c1-2-10-26(11-3-1)43-46-44(48-45(47-43)34-16-9-18-38-41(34)33-13-4-6-17-36(33)49-38)28-20-22-30-35-24-27(21-23-37(35)50-39(30)25-28)29-14-8-15-32-31-12-5-7-19-40(31)51-42(29)32/h1-25,44-45,48H,(H,46,47). The molecule has 2 unspecified atom stereocenters. The summed E-state index contributed by atoms with van der Waals surface area (Å²) in [7, 11) is 0. The molecule has 10 aromatic rings. The fraction of sp³-hybridized carbons (Fsp3) is 0.0444. The maximum absolute atomic E-state index is 6.53. The summed E-state index contributed by atoms with van der Waals surface area (Å²) in [6, 6.07) is 53.2. The minimum absolute atomic E-state index is 0.224. The van der Waals surface area contributed by atoms with Crippen LogP contribution in [0.1, 0.15) is 29.0 Å². The van der Waals surface area contributed by atoms with Crippen molar-refractivity contribution >= 4 is 81.2 Å². The highest BCUT2D eigenvalue weighted by atomic mass is 32.1. The van der Waals surface area contributed by atoms with E-state index in [1.807, 2.05) is 47.7 Å². The molecule has 2 atom stereocenters. The van der Waals surface area contributed by atoms with Crippen molar-refractivity contribution in [2.24, 2.45) is 4.99 Å². The number of thiophene rings is 1. The van der Waals surface area contributed by atoms with Gasteiger partial charge < -0.3 is 14.2 Å². The Hall–Kier alpha value is -6.21. The van der Waals surface area contributed by atoms with Gasteiger partial charge in [0.2, 0.25) is 0 Å². The molecular weight excluding hydrogens is 647 g/mol. The SMILES string of the molecule is c1ccc(C2=NC(c3ccc4c(c3)oc3ccc(-c5cccc6c5sc5ccccc56)cc34)NC(c3cccc4oc5ccccc5c34)N2)cc1. The molecule has 0 bridgehead atoms. The minimum Gasteiger partial charge on any atom is -0.456 e. The Morgan fingerprint density at radius 2 is 1.29 bits per heavy atom. The van der Waals surface area contributed by atoms with E-state index in [-0.39, 0.29) is 12.3 Å². The van der Waals surface area contributed by atoms with Crippen molar-refractivity contribution in [2.45, 2.75) is 12.3 Å². The van der Waals surface area contributed by atoms with Crippen molar-refractivity contribution in [3.8, 4) is 11.1 Å². The lowest BCUT2D eigenvalue weighted by Gasteiger charge is -2.32. The molecule has 51 heavy (non-hydrogen) atoms. The van der Waals surface area contributed by atoms with Gasteiger partial charge in [-0.05, 0) is 53.1 Å². The molecule has 0 spiro atoms. The predicted molar refractivity (Wildman–Crippen MR) is 210 cm³/mol. The van der Waals surface area contributed by atoms with Gasteiger partial charge in [0.1, 0.15) is 40.5 Å². The molecule has 0 fully saturated rings. The normalized spacial score (nSPS) is 16.4. The van der Waals surface area contributed by atoms with Crippen LogP contribution < -0.4 is 10.6 Å². The first-order valence-corrected chi connectivity index (χ1v) is 18.0. The summed E-state index contributed by atoms with van der Waals surface area (Å²) in [6.45, 7) is 0. The minimum atomic E-state index is -0.321. The van der Waals surface area contributed by atoms with Crippen LogP contribution in [0.15, 0.2) is 165 Å². The molecule has 2 N–H and O–H groups in total. The Morgan fingerprint density at radius 3 is 2.24 bits per heavy atom. The van der Waals surface area contributed by atoms with E-state index >= 15 is 0 Å². The third-order valence-corrected chi connectivity index (χ3v) is 11.4. The monoisotopic (exact) mass is 675 g/mol. The molecule has 5 nitrogen and oxygen atoms in total. The van der Waals surface area contributed by atoms with Gasteiger partial charge in [-0.3, -0.25) is 5.32 Å². The van der Waals surface area contributed by atoms with Gasteiger partial charge in [0.15, 0.2) is 0 Å². The first-order chi connectivity index (χ1) is 25.2. The second-order valence-corrected chi connectivity index (χ2v) is 14.2. The quantitative estimate of drug-likeness (QED) is 0.195. The van der Waals surface area contributed by atoms with Gasteiger partial charge in [-0.1, -0.05) is 115 Å². The molecule has 4 heterocycles. The van der Waals surface area contributed by atoms with Crippen molar-refractivity contribution in [2.75, 3.05) is 0 Å². The highest BCUT2D eigenvalue weighted by Gasteiger charge is 2.28. The predicted octanol–water partition coefficient (Wildman–Crippen LogP) is 11.9. The first-order valence-electron chi connectivity index (χ1n) is 17.2. The number of amidine groups is 1. The van der Waals surface area contributed by atoms with Gasteiger partial charge in [-0.25, -0.2) is 4.99 Å². The van der Waals surface area contributed by atoms with E-state index in [0.29, 0.717) is 0 Å². The lowest BCUT2D eigenvalue weighted by molar-refractivity contribution is 0.411. The fourth-order valence-corrected chi connectivity index (χ4v) is 9.02. The Bertz CT molecular complexity index is 3010. The summed E-state index contributed by atoms with van der Waals surface area (Å²) in [6.07, 6.45) is -0.545. The molecule has 1 aliphatic rings. The molecule has 11 rings (SSSR count). The van der Waals surface area contributed by atoms with Crippen LogP contribution >= 0.6 is 11.3 Å². The Morgan fingerprint density at radius 1 is 0.529 bits per heavy atom. The number of nitrogens with one attached hydrogen (secondary N) is 2. The van der Waals surface area contributed by atoms with Gasteiger partial charge in [-0.2, -0.15) is 0 Å². The van der Waals surface area contributed by atoms with Crippen LogP contribution in [-0.2, 0) is 0 Å². The number of benzene rings is 7. The van der Waals surface area contributed by atoms with E-state index in [0.717, 1.165) is 66.4 Å². The Kier molecular flexibility index (Phi) is 6.26. The van der Waals surface area contributed by atoms with Gasteiger partial charge in [0.25, 0.3) is 0 Å². The third kappa shape index (κ3) is 4.54. The van der Waals surface area contributed by atoms with Crippen LogP contribution in [-0.4, -0.2) is 5.84 Å². The molecule has 0 amide bonds. The second kappa shape index (κ2) is 11.2. The van der Waals surface area contributed by atoms with Crippen LogP contribution in [0.3, 0.4) is 0 Å². The lowest BCUT2D eigenvalue weighted by Crippen LogP contribution is -2.45. The van der Waals surface area contributed by atoms with E-state index in [2.05, 4.69) is 126 Å². The Balaban J connectivity index is 1.01. The summed E-state index contributed by atoms with van der Waals surface area (Å²) in [5, 5.41) is 14.5. The first kappa shape index (κ1) is 28.6. The van der Waals surface area contributed by atoms with Crippen molar-refractivity contribution in [3.63, 3.8) is 0 Å². The zero-order chi connectivity index (χ0) is 33.5. The van der Waals surface area contributed by atoms with E-state index in [9.17, 15) is 0 Å². The van der Waals surface area contributed by atoms with E-state index < -0.39 is 0 Å². The maximum Gasteiger partial charge on any atom is 0.135 e. The van der Waals surface area contributed by atoms with Crippen molar-refractivity contribution in [1.82, 2.24) is 10.6 Å². The van der Waals surface area contributed by atoms with Crippen molar-refractivity contribution in [3.05, 3.63) is 168 Å². The number of fused-ring (bicyclic) bond motifs is 9. The number of hydrogen-bond donors (Lipinski definition) is 2.